The monoisotopic (exact) mass is 341 g/mol. The highest BCUT2D eigenvalue weighted by atomic mass is 127. The standard InChI is InChI=1S/C11H20INO3/c1-3-7-13(8-4-2)10(14)5-6-11(15)16-9-12/h3-9H2,1-2H3. The number of carbonyl (C=O) groups is 2. The minimum atomic E-state index is -0.296. The van der Waals surface area contributed by atoms with Gasteiger partial charge < -0.3 is 9.64 Å². The second-order valence-electron chi connectivity index (χ2n) is 3.51. The summed E-state index contributed by atoms with van der Waals surface area (Å²) in [6.07, 6.45) is 2.34. The molecule has 5 heteroatoms. The lowest BCUT2D eigenvalue weighted by Gasteiger charge is -2.21. The van der Waals surface area contributed by atoms with Crippen LogP contribution in [0, 0.1) is 0 Å². The number of carbonyl (C=O) groups excluding carboxylic acids is 2. The number of amides is 1. The summed E-state index contributed by atoms with van der Waals surface area (Å²) in [5, 5.41) is 0. The molecule has 0 aliphatic rings. The molecule has 94 valence electrons. The van der Waals surface area contributed by atoms with Gasteiger partial charge in [0.1, 0.15) is 4.61 Å². The molecule has 0 aliphatic heterocycles. The molecule has 0 bridgehead atoms. The molecule has 0 rings (SSSR count). The van der Waals surface area contributed by atoms with Crippen molar-refractivity contribution in [3.63, 3.8) is 0 Å². The fourth-order valence-corrected chi connectivity index (χ4v) is 1.75. The van der Waals surface area contributed by atoms with Crippen LogP contribution in [-0.4, -0.2) is 34.5 Å². The van der Waals surface area contributed by atoms with Crippen molar-refractivity contribution >= 4 is 34.5 Å². The van der Waals surface area contributed by atoms with E-state index in [0.29, 0.717) is 4.61 Å². The van der Waals surface area contributed by atoms with Crippen molar-refractivity contribution in [2.24, 2.45) is 0 Å². The van der Waals surface area contributed by atoms with E-state index in [4.69, 9.17) is 4.74 Å². The van der Waals surface area contributed by atoms with Crippen LogP contribution in [0.3, 0.4) is 0 Å². The second kappa shape index (κ2) is 9.86. The van der Waals surface area contributed by atoms with E-state index in [-0.39, 0.29) is 24.7 Å². The molecule has 0 radical (unpaired) electrons. The average molecular weight is 341 g/mol. The maximum atomic E-state index is 11.7. The van der Waals surface area contributed by atoms with Gasteiger partial charge in [-0.05, 0) is 35.4 Å². The topological polar surface area (TPSA) is 46.6 Å². The van der Waals surface area contributed by atoms with Crippen molar-refractivity contribution in [2.75, 3.05) is 17.7 Å². The van der Waals surface area contributed by atoms with Crippen LogP contribution in [0.2, 0.25) is 0 Å². The predicted molar refractivity (Wildman–Crippen MR) is 71.4 cm³/mol. The molecule has 1 amide bonds. The Morgan fingerprint density at radius 1 is 1.12 bits per heavy atom. The van der Waals surface area contributed by atoms with Gasteiger partial charge >= 0.3 is 5.97 Å². The minimum absolute atomic E-state index is 0.0501. The number of nitrogens with zero attached hydrogens (tertiary/aromatic N) is 1. The van der Waals surface area contributed by atoms with Crippen LogP contribution < -0.4 is 0 Å². The number of ether oxygens (including phenoxy) is 1. The van der Waals surface area contributed by atoms with Crippen molar-refractivity contribution in [1.82, 2.24) is 4.90 Å². The normalized spacial score (nSPS) is 9.94. The Kier molecular flexibility index (Phi) is 9.66. The highest BCUT2D eigenvalue weighted by Gasteiger charge is 2.13. The number of halogens is 1. The first-order valence-corrected chi connectivity index (χ1v) is 7.17. The smallest absolute Gasteiger partial charge is 0.307 e. The third-order valence-corrected chi connectivity index (χ3v) is 2.41. The van der Waals surface area contributed by atoms with Crippen LogP contribution in [0.5, 0.6) is 0 Å². The molecule has 0 unspecified atom stereocenters. The van der Waals surface area contributed by atoms with E-state index in [9.17, 15) is 9.59 Å². The molecular weight excluding hydrogens is 321 g/mol. The van der Waals surface area contributed by atoms with E-state index < -0.39 is 0 Å². The van der Waals surface area contributed by atoms with Crippen molar-refractivity contribution in [3.05, 3.63) is 0 Å². The molecule has 0 saturated carbocycles. The average Bonchev–Trinajstić information content (AvgIpc) is 2.26. The number of rotatable bonds is 8. The van der Waals surface area contributed by atoms with E-state index in [2.05, 4.69) is 0 Å². The number of hydrogen-bond donors (Lipinski definition) is 0. The summed E-state index contributed by atoms with van der Waals surface area (Å²) in [5.74, 6) is -0.246. The molecule has 0 spiro atoms. The zero-order valence-electron chi connectivity index (χ0n) is 10.00. The summed E-state index contributed by atoms with van der Waals surface area (Å²) in [6.45, 7) is 5.63. The summed E-state index contributed by atoms with van der Waals surface area (Å²) in [6, 6.07) is 0. The molecule has 0 aliphatic carbocycles. The highest BCUT2D eigenvalue weighted by molar-refractivity contribution is 14.1. The summed E-state index contributed by atoms with van der Waals surface area (Å²) < 4.78 is 5.11. The zero-order chi connectivity index (χ0) is 12.4. The lowest BCUT2D eigenvalue weighted by molar-refractivity contribution is -0.144. The maximum Gasteiger partial charge on any atom is 0.307 e. The van der Waals surface area contributed by atoms with Crippen molar-refractivity contribution in [3.8, 4) is 0 Å². The first-order chi connectivity index (χ1) is 7.65. The minimum Gasteiger partial charge on any atom is -0.455 e. The van der Waals surface area contributed by atoms with Crippen LogP contribution in [-0.2, 0) is 14.3 Å². The van der Waals surface area contributed by atoms with Gasteiger partial charge in [0, 0.05) is 19.5 Å². The lowest BCUT2D eigenvalue weighted by Crippen LogP contribution is -2.32. The predicted octanol–water partition coefficient (Wildman–Crippen LogP) is 2.35. The molecule has 0 N–H and O–H groups in total. The third-order valence-electron chi connectivity index (χ3n) is 2.10. The SMILES string of the molecule is CCCN(CCC)C(=O)CCC(=O)OCI. The Labute approximate surface area is 111 Å². The molecule has 4 nitrogen and oxygen atoms in total. The van der Waals surface area contributed by atoms with E-state index >= 15 is 0 Å². The van der Waals surface area contributed by atoms with Crippen molar-refractivity contribution in [2.45, 2.75) is 39.5 Å². The Morgan fingerprint density at radius 3 is 2.12 bits per heavy atom. The molecule has 16 heavy (non-hydrogen) atoms. The van der Waals surface area contributed by atoms with Crippen molar-refractivity contribution < 1.29 is 14.3 Å². The van der Waals surface area contributed by atoms with E-state index in [1.165, 1.54) is 0 Å². The second-order valence-corrected chi connectivity index (χ2v) is 4.13. The summed E-state index contributed by atoms with van der Waals surface area (Å²) in [5.41, 5.74) is 0. The molecular formula is C11H20INO3. The largest absolute Gasteiger partial charge is 0.455 e. The van der Waals surface area contributed by atoms with Gasteiger partial charge in [0.25, 0.3) is 0 Å². The van der Waals surface area contributed by atoms with Gasteiger partial charge in [-0.3, -0.25) is 9.59 Å². The third kappa shape index (κ3) is 7.03. The fourth-order valence-electron chi connectivity index (χ4n) is 1.40. The van der Waals surface area contributed by atoms with Gasteiger partial charge in [0.2, 0.25) is 5.91 Å². The van der Waals surface area contributed by atoms with Gasteiger partial charge in [-0.25, -0.2) is 0 Å². The Balaban J connectivity index is 3.94. The summed E-state index contributed by atoms with van der Waals surface area (Å²) in [4.78, 5) is 24.7. The quantitative estimate of drug-likeness (QED) is 0.387. The highest BCUT2D eigenvalue weighted by Crippen LogP contribution is 2.02. The van der Waals surface area contributed by atoms with Gasteiger partial charge in [0.05, 0.1) is 6.42 Å². The van der Waals surface area contributed by atoms with Crippen LogP contribution in [0.15, 0.2) is 0 Å². The number of alkyl halides is 1. The maximum absolute atomic E-state index is 11.7. The van der Waals surface area contributed by atoms with E-state index in [1.54, 1.807) is 0 Å². The fraction of sp³-hybridized carbons (Fsp3) is 0.818. The van der Waals surface area contributed by atoms with Crippen LogP contribution in [0.4, 0.5) is 0 Å². The van der Waals surface area contributed by atoms with Gasteiger partial charge in [0.15, 0.2) is 0 Å². The molecule has 0 fully saturated rings. The number of hydrogen-bond acceptors (Lipinski definition) is 3. The van der Waals surface area contributed by atoms with Crippen molar-refractivity contribution in [1.29, 1.82) is 0 Å². The van der Waals surface area contributed by atoms with Crippen LogP contribution in [0.1, 0.15) is 39.5 Å². The molecule has 0 atom stereocenters. The molecule has 0 aromatic carbocycles. The lowest BCUT2D eigenvalue weighted by atomic mass is 10.2. The Hall–Kier alpha value is -0.330. The van der Waals surface area contributed by atoms with Crippen LogP contribution in [0.25, 0.3) is 0 Å². The summed E-state index contributed by atoms with van der Waals surface area (Å²) >= 11 is 1.96. The van der Waals surface area contributed by atoms with E-state index in [0.717, 1.165) is 25.9 Å². The van der Waals surface area contributed by atoms with Gasteiger partial charge in [-0.15, -0.1) is 0 Å². The zero-order valence-corrected chi connectivity index (χ0v) is 12.2. The number of esters is 1. The Morgan fingerprint density at radius 2 is 1.69 bits per heavy atom. The first kappa shape index (κ1) is 15.7. The first-order valence-electron chi connectivity index (χ1n) is 5.65. The molecule has 0 saturated heterocycles. The van der Waals surface area contributed by atoms with Gasteiger partial charge in [-0.1, -0.05) is 13.8 Å². The van der Waals surface area contributed by atoms with Crippen LogP contribution >= 0.6 is 22.6 Å². The molecule has 0 aromatic heterocycles. The van der Waals surface area contributed by atoms with E-state index in [1.807, 2.05) is 41.3 Å². The summed E-state index contributed by atoms with van der Waals surface area (Å²) in [7, 11) is 0. The molecule has 0 aromatic rings. The van der Waals surface area contributed by atoms with Gasteiger partial charge in [-0.2, -0.15) is 0 Å². The molecule has 0 heterocycles. The Bertz CT molecular complexity index is 215.